The van der Waals surface area contributed by atoms with E-state index in [1.165, 1.54) is 4.90 Å². The van der Waals surface area contributed by atoms with Gasteiger partial charge in [0.15, 0.2) is 0 Å². The Kier molecular flexibility index (Phi) is 5.79. The number of hydroxylamine groups is 3. The number of fused-ring (bicyclic) bond motifs is 2. The van der Waals surface area contributed by atoms with Crippen LogP contribution >= 0.6 is 0 Å². The molecule has 3 heterocycles. The molecule has 0 radical (unpaired) electrons. The number of β-amino-alcohol motifs (C(OH)–C–C–N with tert-alkyl or cyclic N) is 1. The largest absolute Gasteiger partial charge is 0.386 e. The van der Waals surface area contributed by atoms with Gasteiger partial charge in [0.2, 0.25) is 0 Å². The molecule has 3 amide bonds. The summed E-state index contributed by atoms with van der Waals surface area (Å²) in [5.41, 5.74) is 1.34. The highest BCUT2D eigenvalue weighted by molar-refractivity contribution is 5.87. The van der Waals surface area contributed by atoms with Gasteiger partial charge < -0.3 is 15.3 Å². The molecule has 0 aliphatic carbocycles. The smallest absolute Gasteiger partial charge is 0.344 e. The van der Waals surface area contributed by atoms with Gasteiger partial charge in [-0.05, 0) is 25.8 Å². The number of rotatable bonds is 4. The summed E-state index contributed by atoms with van der Waals surface area (Å²) >= 11 is 0. The van der Waals surface area contributed by atoms with Gasteiger partial charge in [-0.3, -0.25) is 14.8 Å². The molecular weight excluding hydrogens is 304 g/mol. The van der Waals surface area contributed by atoms with Gasteiger partial charge >= 0.3 is 6.03 Å². The maximum Gasteiger partial charge on any atom is 0.344 e. The normalized spacial score (nSPS) is 32.6. The van der Waals surface area contributed by atoms with E-state index in [1.54, 1.807) is 0 Å². The Morgan fingerprint density at radius 1 is 1.48 bits per heavy atom. The number of nitrogens with zero attached hydrogens (tertiary/aromatic N) is 2. The van der Waals surface area contributed by atoms with E-state index in [9.17, 15) is 19.9 Å². The van der Waals surface area contributed by atoms with Crippen molar-refractivity contribution in [3.63, 3.8) is 0 Å². The summed E-state index contributed by atoms with van der Waals surface area (Å²) in [5.74, 6) is -0.424. The van der Waals surface area contributed by atoms with Crippen molar-refractivity contribution < 1.29 is 24.7 Å². The highest BCUT2D eigenvalue weighted by atomic mass is 16.7. The van der Waals surface area contributed by atoms with E-state index in [-0.39, 0.29) is 12.6 Å². The van der Waals surface area contributed by atoms with E-state index in [2.05, 4.69) is 10.8 Å². The van der Waals surface area contributed by atoms with E-state index >= 15 is 0 Å². The Balaban J connectivity index is 0.000000924. The van der Waals surface area contributed by atoms with Crippen LogP contribution in [0.3, 0.4) is 0 Å². The maximum atomic E-state index is 12.1. The van der Waals surface area contributed by atoms with Crippen molar-refractivity contribution in [2.24, 2.45) is 0 Å². The van der Waals surface area contributed by atoms with Crippen LogP contribution in [0.5, 0.6) is 0 Å². The molecule has 0 aromatic heterocycles. The summed E-state index contributed by atoms with van der Waals surface area (Å²) in [5, 5.41) is 23.3. The van der Waals surface area contributed by atoms with E-state index < -0.39 is 23.6 Å². The van der Waals surface area contributed by atoms with E-state index in [0.29, 0.717) is 44.0 Å². The quantitative estimate of drug-likeness (QED) is 0.406. The molecule has 0 spiro atoms. The van der Waals surface area contributed by atoms with Gasteiger partial charge in [-0.2, -0.15) is 0 Å². The average molecular weight is 330 g/mol. The van der Waals surface area contributed by atoms with E-state index in [0.717, 1.165) is 0 Å². The number of amides is 3. The second kappa shape index (κ2) is 7.43. The number of hydrogen-bond donors (Lipinski definition) is 4. The summed E-state index contributed by atoms with van der Waals surface area (Å²) in [6, 6.07) is -1.41. The molecule has 23 heavy (non-hydrogen) atoms. The Bertz CT molecular complexity index is 441. The zero-order chi connectivity index (χ0) is 17.0. The van der Waals surface area contributed by atoms with Crippen molar-refractivity contribution in [3.05, 3.63) is 0 Å². The van der Waals surface area contributed by atoms with Crippen LogP contribution in [0.15, 0.2) is 0 Å². The van der Waals surface area contributed by atoms with Gasteiger partial charge in [0.1, 0.15) is 18.2 Å². The number of urea groups is 1. The third-order valence-electron chi connectivity index (χ3n) is 4.38. The summed E-state index contributed by atoms with van der Waals surface area (Å²) in [4.78, 5) is 30.3. The van der Waals surface area contributed by atoms with Crippen LogP contribution in [0.1, 0.15) is 33.1 Å². The molecule has 3 unspecified atom stereocenters. The first-order chi connectivity index (χ1) is 11.0. The number of nitrogens with one attached hydrogen (secondary N) is 2. The lowest BCUT2D eigenvalue weighted by Gasteiger charge is -2.29. The molecule has 9 nitrogen and oxygen atoms in total. The lowest BCUT2D eigenvalue weighted by molar-refractivity contribution is -0.144. The third kappa shape index (κ3) is 3.74. The standard InChI is InChI=1S/C12H20N4O5.C2H6/c17-10(14-21-7-12(19)3-4-13-6-12)9-2-1-8-5-15(9)11(18)16(8)20;1-2/h8-9,13,19-20H,1-7H2,(H,14,17);1-2H3. The number of carbonyl (C=O) groups is 2. The minimum atomic E-state index is -0.962. The van der Waals surface area contributed by atoms with Crippen LogP contribution in [-0.2, 0) is 9.63 Å². The summed E-state index contributed by atoms with van der Waals surface area (Å²) in [7, 11) is 0. The predicted octanol–water partition coefficient (Wildman–Crippen LogP) is -0.557. The Labute approximate surface area is 135 Å². The van der Waals surface area contributed by atoms with Crippen LogP contribution < -0.4 is 10.8 Å². The maximum absolute atomic E-state index is 12.1. The highest BCUT2D eigenvalue weighted by Gasteiger charge is 2.47. The summed E-state index contributed by atoms with van der Waals surface area (Å²) < 4.78 is 0. The Morgan fingerprint density at radius 3 is 2.87 bits per heavy atom. The first-order valence-corrected chi connectivity index (χ1v) is 8.14. The molecule has 3 atom stereocenters. The van der Waals surface area contributed by atoms with Crippen LogP contribution in [0.2, 0.25) is 0 Å². The first-order valence-electron chi connectivity index (χ1n) is 8.14. The molecule has 4 N–H and O–H groups in total. The number of piperidine rings is 1. The molecule has 9 heteroatoms. The van der Waals surface area contributed by atoms with Crippen molar-refractivity contribution in [3.8, 4) is 0 Å². The summed E-state index contributed by atoms with van der Waals surface area (Å²) in [6.45, 7) is 5.49. The molecule has 0 aromatic carbocycles. The monoisotopic (exact) mass is 330 g/mol. The lowest BCUT2D eigenvalue weighted by Crippen LogP contribution is -2.50. The highest BCUT2D eigenvalue weighted by Crippen LogP contribution is 2.28. The zero-order valence-corrected chi connectivity index (χ0v) is 13.6. The molecule has 2 bridgehead atoms. The number of aliphatic hydroxyl groups is 1. The fourth-order valence-corrected chi connectivity index (χ4v) is 3.09. The first kappa shape index (κ1) is 17.9. The van der Waals surface area contributed by atoms with Gasteiger partial charge in [0, 0.05) is 13.1 Å². The SMILES string of the molecule is CC.O=C(NOCC1(O)CCNC1)C1CCC2CN1C(=O)N2O. The molecule has 3 rings (SSSR count). The Morgan fingerprint density at radius 2 is 2.22 bits per heavy atom. The third-order valence-corrected chi connectivity index (χ3v) is 4.38. The molecule has 3 aliphatic heterocycles. The molecule has 3 aliphatic rings. The van der Waals surface area contributed by atoms with Gasteiger partial charge in [-0.25, -0.2) is 15.3 Å². The average Bonchev–Trinajstić information content (AvgIpc) is 3.08. The van der Waals surface area contributed by atoms with Crippen LogP contribution in [-0.4, -0.2) is 76.1 Å². The molecule has 3 saturated heterocycles. The zero-order valence-electron chi connectivity index (χ0n) is 13.6. The summed E-state index contributed by atoms with van der Waals surface area (Å²) in [6.07, 6.45) is 1.62. The van der Waals surface area contributed by atoms with E-state index in [4.69, 9.17) is 4.84 Å². The second-order valence-corrected chi connectivity index (χ2v) is 5.93. The number of carbonyl (C=O) groups excluding carboxylic acids is 2. The van der Waals surface area contributed by atoms with Gasteiger partial charge in [-0.15, -0.1) is 0 Å². The predicted molar refractivity (Wildman–Crippen MR) is 80.4 cm³/mol. The van der Waals surface area contributed by atoms with Gasteiger partial charge in [0.25, 0.3) is 5.91 Å². The molecule has 0 aromatic rings. The molecule has 132 valence electrons. The minimum Gasteiger partial charge on any atom is -0.386 e. The molecule has 0 saturated carbocycles. The molecule has 3 fully saturated rings. The topological polar surface area (TPSA) is 114 Å². The van der Waals surface area contributed by atoms with Gasteiger partial charge in [0.05, 0.1) is 6.04 Å². The van der Waals surface area contributed by atoms with Crippen LogP contribution in [0, 0.1) is 0 Å². The molecular formula is C14H26N4O5. The van der Waals surface area contributed by atoms with E-state index in [1.807, 2.05) is 13.8 Å². The lowest BCUT2D eigenvalue weighted by atomic mass is 10.0. The number of hydrogen-bond acceptors (Lipinski definition) is 6. The van der Waals surface area contributed by atoms with Gasteiger partial charge in [-0.1, -0.05) is 13.8 Å². The second-order valence-electron chi connectivity index (χ2n) is 5.93. The fraction of sp³-hybridized carbons (Fsp3) is 0.857. The van der Waals surface area contributed by atoms with Crippen molar-refractivity contribution in [1.82, 2.24) is 20.8 Å². The van der Waals surface area contributed by atoms with Crippen LogP contribution in [0.25, 0.3) is 0 Å². The Hall–Kier alpha value is -1.42. The van der Waals surface area contributed by atoms with Crippen molar-refractivity contribution in [2.75, 3.05) is 26.2 Å². The van der Waals surface area contributed by atoms with Crippen LogP contribution in [0.4, 0.5) is 4.79 Å². The fourth-order valence-electron chi connectivity index (χ4n) is 3.09. The van der Waals surface area contributed by atoms with Crippen molar-refractivity contribution in [1.29, 1.82) is 0 Å². The minimum absolute atomic E-state index is 0.00115. The van der Waals surface area contributed by atoms with Crippen molar-refractivity contribution >= 4 is 11.9 Å². The van der Waals surface area contributed by atoms with Crippen molar-refractivity contribution in [2.45, 2.75) is 50.8 Å².